The number of ketones is 1. The van der Waals surface area contributed by atoms with Crippen molar-refractivity contribution in [3.63, 3.8) is 0 Å². The first-order valence-electron chi connectivity index (χ1n) is 8.90. The van der Waals surface area contributed by atoms with Crippen LogP contribution in [-0.4, -0.2) is 45.0 Å². The van der Waals surface area contributed by atoms with Crippen molar-refractivity contribution in [3.8, 4) is 11.5 Å². The summed E-state index contributed by atoms with van der Waals surface area (Å²) < 4.78 is 28.7. The second-order valence-electron chi connectivity index (χ2n) is 6.49. The lowest BCUT2D eigenvalue weighted by atomic mass is 10.1. The van der Waals surface area contributed by atoms with Crippen LogP contribution in [-0.2, 0) is 14.3 Å². The average molecular weight is 401 g/mol. The fourth-order valence-corrected chi connectivity index (χ4v) is 3.07. The van der Waals surface area contributed by atoms with E-state index in [0.717, 1.165) is 6.07 Å². The first-order valence-corrected chi connectivity index (χ1v) is 8.90. The zero-order valence-electron chi connectivity index (χ0n) is 16.0. The van der Waals surface area contributed by atoms with E-state index in [2.05, 4.69) is 0 Å². The van der Waals surface area contributed by atoms with Crippen molar-refractivity contribution in [2.75, 3.05) is 32.3 Å². The van der Waals surface area contributed by atoms with Crippen molar-refractivity contribution in [3.05, 3.63) is 53.8 Å². The highest BCUT2D eigenvalue weighted by Crippen LogP contribution is 2.28. The summed E-state index contributed by atoms with van der Waals surface area (Å²) in [4.78, 5) is 38.3. The van der Waals surface area contributed by atoms with Crippen LogP contribution in [0.25, 0.3) is 0 Å². The molecule has 0 spiro atoms. The fourth-order valence-electron chi connectivity index (χ4n) is 3.07. The first-order chi connectivity index (χ1) is 13.9. The minimum Gasteiger partial charge on any atom is -0.497 e. The summed E-state index contributed by atoms with van der Waals surface area (Å²) in [6, 6.07) is 10.7. The van der Waals surface area contributed by atoms with Gasteiger partial charge in [0.15, 0.2) is 24.0 Å². The molecular formula is C21H20FNO6. The predicted molar refractivity (Wildman–Crippen MR) is 102 cm³/mol. The van der Waals surface area contributed by atoms with E-state index < -0.39 is 30.1 Å². The van der Waals surface area contributed by atoms with E-state index in [0.29, 0.717) is 11.4 Å². The molecule has 0 N–H and O–H groups in total. The van der Waals surface area contributed by atoms with Gasteiger partial charge in [0.05, 0.1) is 20.1 Å². The molecule has 1 saturated heterocycles. The Morgan fingerprint density at radius 2 is 1.93 bits per heavy atom. The third-order valence-electron chi connectivity index (χ3n) is 4.64. The van der Waals surface area contributed by atoms with E-state index in [1.807, 2.05) is 0 Å². The number of esters is 1. The SMILES string of the molecule is COc1cccc(N2CC(C(=O)OCC(=O)c3ccc(OC)c(F)c3)CC2=O)c1. The van der Waals surface area contributed by atoms with E-state index in [1.165, 1.54) is 31.3 Å². The van der Waals surface area contributed by atoms with Gasteiger partial charge in [-0.15, -0.1) is 0 Å². The average Bonchev–Trinajstić information content (AvgIpc) is 3.13. The standard InChI is InChI=1S/C21H20FNO6/c1-27-16-5-3-4-15(10-16)23-11-14(9-20(23)25)21(26)29-12-18(24)13-6-7-19(28-2)17(22)8-13/h3-8,10,14H,9,11-12H2,1-2H3. The van der Waals surface area contributed by atoms with Crippen LogP contribution >= 0.6 is 0 Å². The Balaban J connectivity index is 1.59. The molecule has 1 fully saturated rings. The van der Waals surface area contributed by atoms with Crippen LogP contribution in [0.15, 0.2) is 42.5 Å². The Labute approximate surface area is 167 Å². The van der Waals surface area contributed by atoms with Crippen molar-refractivity contribution < 1.29 is 33.0 Å². The van der Waals surface area contributed by atoms with Gasteiger partial charge in [-0.25, -0.2) is 4.39 Å². The minimum absolute atomic E-state index is 0.0125. The summed E-state index contributed by atoms with van der Waals surface area (Å²) in [6.45, 7) is -0.384. The maximum absolute atomic E-state index is 13.7. The number of benzene rings is 2. The molecule has 1 aliphatic heterocycles. The van der Waals surface area contributed by atoms with Crippen LogP contribution in [0.2, 0.25) is 0 Å². The van der Waals surface area contributed by atoms with Crippen molar-refractivity contribution in [2.45, 2.75) is 6.42 Å². The Hall–Kier alpha value is -3.42. The Kier molecular flexibility index (Phi) is 6.11. The lowest BCUT2D eigenvalue weighted by Crippen LogP contribution is -2.27. The molecule has 0 aromatic heterocycles. The van der Waals surface area contributed by atoms with Crippen molar-refractivity contribution in [1.29, 1.82) is 0 Å². The zero-order chi connectivity index (χ0) is 21.0. The zero-order valence-corrected chi connectivity index (χ0v) is 16.0. The summed E-state index contributed by atoms with van der Waals surface area (Å²) in [5.41, 5.74) is 0.686. The molecule has 29 heavy (non-hydrogen) atoms. The van der Waals surface area contributed by atoms with Gasteiger partial charge < -0.3 is 19.1 Å². The summed E-state index contributed by atoms with van der Waals surface area (Å²) in [7, 11) is 2.84. The number of carbonyl (C=O) groups excluding carboxylic acids is 3. The fraction of sp³-hybridized carbons (Fsp3) is 0.286. The highest BCUT2D eigenvalue weighted by molar-refractivity contribution is 6.01. The van der Waals surface area contributed by atoms with Crippen LogP contribution in [0.3, 0.4) is 0 Å². The van der Waals surface area contributed by atoms with Gasteiger partial charge in [-0.2, -0.15) is 0 Å². The number of Topliss-reactive ketones (excluding diaryl/α,β-unsaturated/α-hetero) is 1. The summed E-state index contributed by atoms with van der Waals surface area (Å²) in [5, 5.41) is 0. The van der Waals surface area contributed by atoms with Crippen LogP contribution in [0.4, 0.5) is 10.1 Å². The second-order valence-corrected chi connectivity index (χ2v) is 6.49. The molecule has 7 nitrogen and oxygen atoms in total. The van der Waals surface area contributed by atoms with E-state index in [1.54, 1.807) is 24.3 Å². The van der Waals surface area contributed by atoms with Gasteiger partial charge in [-0.1, -0.05) is 6.07 Å². The van der Waals surface area contributed by atoms with E-state index in [9.17, 15) is 18.8 Å². The van der Waals surface area contributed by atoms with Gasteiger partial charge >= 0.3 is 5.97 Å². The van der Waals surface area contributed by atoms with Gasteiger partial charge in [0, 0.05) is 30.3 Å². The monoisotopic (exact) mass is 401 g/mol. The molecule has 0 aliphatic carbocycles. The van der Waals surface area contributed by atoms with Gasteiger partial charge in [0.25, 0.3) is 0 Å². The molecule has 1 aliphatic rings. The maximum atomic E-state index is 13.7. The highest BCUT2D eigenvalue weighted by Gasteiger charge is 2.36. The van der Waals surface area contributed by atoms with Gasteiger partial charge in [-0.05, 0) is 30.3 Å². The molecule has 0 bridgehead atoms. The molecule has 1 unspecified atom stereocenters. The molecule has 152 valence electrons. The van der Waals surface area contributed by atoms with Gasteiger partial charge in [0.1, 0.15) is 5.75 Å². The van der Waals surface area contributed by atoms with Crippen molar-refractivity contribution >= 4 is 23.3 Å². The summed E-state index contributed by atoms with van der Waals surface area (Å²) in [5.74, 6) is -2.17. The molecule has 2 aromatic carbocycles. The maximum Gasteiger partial charge on any atom is 0.311 e. The second kappa shape index (κ2) is 8.72. The Morgan fingerprint density at radius 3 is 2.62 bits per heavy atom. The number of ether oxygens (including phenoxy) is 3. The van der Waals surface area contributed by atoms with E-state index >= 15 is 0 Å². The molecule has 0 radical (unpaired) electrons. The van der Waals surface area contributed by atoms with Gasteiger partial charge in [-0.3, -0.25) is 14.4 Å². The van der Waals surface area contributed by atoms with Crippen LogP contribution in [0.1, 0.15) is 16.8 Å². The van der Waals surface area contributed by atoms with Crippen molar-refractivity contribution in [2.24, 2.45) is 5.92 Å². The molecular weight excluding hydrogens is 381 g/mol. The number of rotatable bonds is 7. The third kappa shape index (κ3) is 4.53. The normalized spacial score (nSPS) is 15.9. The smallest absolute Gasteiger partial charge is 0.311 e. The largest absolute Gasteiger partial charge is 0.497 e. The predicted octanol–water partition coefficient (Wildman–Crippen LogP) is 2.62. The van der Waals surface area contributed by atoms with Crippen molar-refractivity contribution in [1.82, 2.24) is 0 Å². The number of hydrogen-bond donors (Lipinski definition) is 0. The highest BCUT2D eigenvalue weighted by atomic mass is 19.1. The molecule has 1 atom stereocenters. The molecule has 1 amide bonds. The van der Waals surface area contributed by atoms with E-state index in [-0.39, 0.29) is 30.2 Å². The minimum atomic E-state index is -0.686. The number of amides is 1. The molecule has 0 saturated carbocycles. The molecule has 2 aromatic rings. The lowest BCUT2D eigenvalue weighted by molar-refractivity contribution is -0.147. The Bertz CT molecular complexity index is 945. The Morgan fingerprint density at radius 1 is 1.14 bits per heavy atom. The number of anilines is 1. The van der Waals surface area contributed by atoms with Crippen LogP contribution in [0.5, 0.6) is 11.5 Å². The first kappa shape index (κ1) is 20.3. The summed E-state index contributed by atoms with van der Waals surface area (Å²) in [6.07, 6.45) is -0.0125. The number of hydrogen-bond acceptors (Lipinski definition) is 6. The molecule has 8 heteroatoms. The third-order valence-corrected chi connectivity index (χ3v) is 4.64. The van der Waals surface area contributed by atoms with Gasteiger partial charge in [0.2, 0.25) is 5.91 Å². The molecule has 3 rings (SSSR count). The molecule has 1 heterocycles. The van der Waals surface area contributed by atoms with Crippen LogP contribution in [0, 0.1) is 11.7 Å². The van der Waals surface area contributed by atoms with E-state index in [4.69, 9.17) is 14.2 Å². The number of methoxy groups -OCH3 is 2. The number of carbonyl (C=O) groups is 3. The number of nitrogens with zero attached hydrogens (tertiary/aromatic N) is 1. The summed E-state index contributed by atoms with van der Waals surface area (Å²) >= 11 is 0. The quantitative estimate of drug-likeness (QED) is 0.524. The van der Waals surface area contributed by atoms with Crippen LogP contribution < -0.4 is 14.4 Å². The topological polar surface area (TPSA) is 82.1 Å². The number of halogens is 1. The lowest BCUT2D eigenvalue weighted by Gasteiger charge is -2.17.